The van der Waals surface area contributed by atoms with Gasteiger partial charge in [0.15, 0.2) is 0 Å². The van der Waals surface area contributed by atoms with Crippen molar-refractivity contribution in [1.82, 2.24) is 9.88 Å². The highest BCUT2D eigenvalue weighted by Gasteiger charge is 2.29. The molecule has 4 nitrogen and oxygen atoms in total. The van der Waals surface area contributed by atoms with Crippen molar-refractivity contribution in [2.24, 2.45) is 0 Å². The van der Waals surface area contributed by atoms with Crippen molar-refractivity contribution < 1.29 is 9.90 Å². The molecule has 0 unspecified atom stereocenters. The van der Waals surface area contributed by atoms with E-state index in [0.717, 1.165) is 54.4 Å². The maximum Gasteiger partial charge on any atom is 0.254 e. The highest BCUT2D eigenvalue weighted by molar-refractivity contribution is 6.06. The summed E-state index contributed by atoms with van der Waals surface area (Å²) < 4.78 is 0. The van der Waals surface area contributed by atoms with Gasteiger partial charge in [0.25, 0.3) is 5.91 Å². The first kappa shape index (κ1) is 15.0. The number of para-hydroxylation sites is 1. The van der Waals surface area contributed by atoms with Gasteiger partial charge in [-0.15, -0.1) is 0 Å². The van der Waals surface area contributed by atoms with E-state index in [2.05, 4.69) is 4.98 Å². The predicted molar refractivity (Wildman–Crippen MR) is 86.9 cm³/mol. The van der Waals surface area contributed by atoms with E-state index in [-0.39, 0.29) is 18.6 Å². The number of carbonyl (C=O) groups excluding carboxylic acids is 1. The Balaban J connectivity index is 1.95. The fourth-order valence-corrected chi connectivity index (χ4v) is 3.37. The maximum absolute atomic E-state index is 13.0. The fraction of sp³-hybridized carbons (Fsp3) is 0.444. The van der Waals surface area contributed by atoms with Gasteiger partial charge in [0.1, 0.15) is 0 Å². The van der Waals surface area contributed by atoms with Gasteiger partial charge in [0.2, 0.25) is 0 Å². The Morgan fingerprint density at radius 1 is 1.41 bits per heavy atom. The van der Waals surface area contributed by atoms with E-state index in [4.69, 9.17) is 5.11 Å². The quantitative estimate of drug-likeness (QED) is 0.944. The minimum absolute atomic E-state index is 0.0992. The number of aryl methyl sites for hydroxylation is 1. The summed E-state index contributed by atoms with van der Waals surface area (Å²) in [6.45, 7) is 2.93. The number of rotatable bonds is 4. The third kappa shape index (κ3) is 2.83. The number of benzene rings is 1. The third-order valence-electron chi connectivity index (χ3n) is 4.41. The van der Waals surface area contributed by atoms with Crippen LogP contribution in [0, 0.1) is 6.92 Å². The van der Waals surface area contributed by atoms with E-state index in [1.54, 1.807) is 0 Å². The summed E-state index contributed by atoms with van der Waals surface area (Å²) in [4.78, 5) is 19.5. The molecule has 4 heteroatoms. The standard InChI is InChI=1S/C18H22N2O2/c1-13-12-16(15-8-2-3-9-17(15)19-13)18(22)20-10-4-6-14(20)7-5-11-21/h2-3,8-9,12,14,21H,4-7,10-11H2,1H3/t14-/m1/s1. The minimum Gasteiger partial charge on any atom is -0.396 e. The zero-order valence-corrected chi connectivity index (χ0v) is 13.0. The van der Waals surface area contributed by atoms with Crippen LogP contribution < -0.4 is 0 Å². The Morgan fingerprint density at radius 2 is 2.23 bits per heavy atom. The van der Waals surface area contributed by atoms with Crippen LogP contribution in [0.5, 0.6) is 0 Å². The molecule has 1 aromatic carbocycles. The molecule has 1 aliphatic heterocycles. The van der Waals surface area contributed by atoms with E-state index >= 15 is 0 Å². The number of amides is 1. The van der Waals surface area contributed by atoms with Gasteiger partial charge in [0.05, 0.1) is 11.1 Å². The minimum atomic E-state index is 0.0992. The SMILES string of the molecule is Cc1cc(C(=O)N2CCC[C@@H]2CCCO)c2ccccc2n1. The van der Waals surface area contributed by atoms with Crippen LogP contribution >= 0.6 is 0 Å². The Kier molecular flexibility index (Phi) is 4.39. The van der Waals surface area contributed by atoms with Crippen molar-refractivity contribution in [2.75, 3.05) is 13.2 Å². The molecular weight excluding hydrogens is 276 g/mol. The monoisotopic (exact) mass is 298 g/mol. The average Bonchev–Trinajstić information content (AvgIpc) is 2.99. The summed E-state index contributed by atoms with van der Waals surface area (Å²) in [5, 5.41) is 9.96. The molecule has 1 saturated heterocycles. The summed E-state index contributed by atoms with van der Waals surface area (Å²) >= 11 is 0. The van der Waals surface area contributed by atoms with Gasteiger partial charge >= 0.3 is 0 Å². The number of likely N-dealkylation sites (tertiary alicyclic amines) is 1. The lowest BCUT2D eigenvalue weighted by atomic mass is 10.0. The van der Waals surface area contributed by atoms with Gasteiger partial charge in [-0.2, -0.15) is 0 Å². The lowest BCUT2D eigenvalue weighted by molar-refractivity contribution is 0.0726. The molecule has 1 aliphatic rings. The van der Waals surface area contributed by atoms with Crippen molar-refractivity contribution in [3.8, 4) is 0 Å². The van der Waals surface area contributed by atoms with Crippen LogP contribution in [0.25, 0.3) is 10.9 Å². The van der Waals surface area contributed by atoms with Gasteiger partial charge < -0.3 is 10.0 Å². The van der Waals surface area contributed by atoms with Gasteiger partial charge in [-0.3, -0.25) is 9.78 Å². The van der Waals surface area contributed by atoms with Crippen LogP contribution in [0.15, 0.2) is 30.3 Å². The molecule has 1 atom stereocenters. The van der Waals surface area contributed by atoms with E-state index in [1.165, 1.54) is 0 Å². The van der Waals surface area contributed by atoms with Crippen LogP contribution in [0.4, 0.5) is 0 Å². The van der Waals surface area contributed by atoms with Gasteiger partial charge in [-0.05, 0) is 44.7 Å². The van der Waals surface area contributed by atoms with Crippen molar-refractivity contribution in [3.05, 3.63) is 41.6 Å². The van der Waals surface area contributed by atoms with E-state index in [1.807, 2.05) is 42.2 Å². The van der Waals surface area contributed by atoms with E-state index in [9.17, 15) is 4.79 Å². The first-order valence-electron chi connectivity index (χ1n) is 7.99. The summed E-state index contributed by atoms with van der Waals surface area (Å²) in [6.07, 6.45) is 3.71. The molecule has 0 saturated carbocycles. The number of hydrogen-bond acceptors (Lipinski definition) is 3. The van der Waals surface area contributed by atoms with Crippen LogP contribution in [-0.4, -0.2) is 40.1 Å². The third-order valence-corrected chi connectivity index (χ3v) is 4.41. The van der Waals surface area contributed by atoms with Crippen LogP contribution in [0.2, 0.25) is 0 Å². The second kappa shape index (κ2) is 6.44. The molecule has 2 aromatic rings. The number of pyridine rings is 1. The Bertz CT molecular complexity index is 684. The molecule has 22 heavy (non-hydrogen) atoms. The Morgan fingerprint density at radius 3 is 3.05 bits per heavy atom. The van der Waals surface area contributed by atoms with Crippen LogP contribution in [0.3, 0.4) is 0 Å². The topological polar surface area (TPSA) is 53.4 Å². The molecule has 0 aliphatic carbocycles. The molecule has 1 aromatic heterocycles. The fourth-order valence-electron chi connectivity index (χ4n) is 3.37. The zero-order chi connectivity index (χ0) is 15.5. The molecule has 0 radical (unpaired) electrons. The number of aliphatic hydroxyl groups excluding tert-OH is 1. The van der Waals surface area contributed by atoms with Crippen molar-refractivity contribution in [3.63, 3.8) is 0 Å². The van der Waals surface area contributed by atoms with Crippen molar-refractivity contribution in [1.29, 1.82) is 0 Å². The van der Waals surface area contributed by atoms with Crippen LogP contribution in [0.1, 0.15) is 41.7 Å². The Labute approximate surface area is 130 Å². The first-order valence-corrected chi connectivity index (χ1v) is 7.99. The largest absolute Gasteiger partial charge is 0.396 e. The Hall–Kier alpha value is -1.94. The highest BCUT2D eigenvalue weighted by Crippen LogP contribution is 2.26. The second-order valence-electron chi connectivity index (χ2n) is 5.99. The molecule has 116 valence electrons. The normalized spacial score (nSPS) is 18.1. The maximum atomic E-state index is 13.0. The molecule has 2 heterocycles. The molecule has 0 spiro atoms. The van der Waals surface area contributed by atoms with E-state index < -0.39 is 0 Å². The number of aliphatic hydroxyl groups is 1. The average molecular weight is 298 g/mol. The lowest BCUT2D eigenvalue weighted by Crippen LogP contribution is -2.35. The molecule has 0 bridgehead atoms. The first-order chi connectivity index (χ1) is 10.7. The number of hydrogen-bond donors (Lipinski definition) is 1. The summed E-state index contributed by atoms with van der Waals surface area (Å²) in [6, 6.07) is 9.96. The zero-order valence-electron chi connectivity index (χ0n) is 13.0. The summed E-state index contributed by atoms with van der Waals surface area (Å²) in [7, 11) is 0. The van der Waals surface area contributed by atoms with Crippen molar-refractivity contribution >= 4 is 16.8 Å². The second-order valence-corrected chi connectivity index (χ2v) is 5.99. The molecule has 1 fully saturated rings. The number of nitrogens with zero attached hydrogens (tertiary/aromatic N) is 2. The lowest BCUT2D eigenvalue weighted by Gasteiger charge is -2.25. The molecule has 3 rings (SSSR count). The molecule has 1 N–H and O–H groups in total. The summed E-state index contributed by atoms with van der Waals surface area (Å²) in [5.41, 5.74) is 2.49. The number of aromatic nitrogens is 1. The van der Waals surface area contributed by atoms with Gasteiger partial charge in [0, 0.05) is 30.3 Å². The van der Waals surface area contributed by atoms with Crippen LogP contribution in [-0.2, 0) is 0 Å². The van der Waals surface area contributed by atoms with Crippen molar-refractivity contribution in [2.45, 2.75) is 38.6 Å². The van der Waals surface area contributed by atoms with Gasteiger partial charge in [-0.25, -0.2) is 0 Å². The number of carbonyl (C=O) groups is 1. The van der Waals surface area contributed by atoms with Gasteiger partial charge in [-0.1, -0.05) is 18.2 Å². The molecule has 1 amide bonds. The summed E-state index contributed by atoms with van der Waals surface area (Å²) in [5.74, 6) is 0.0992. The van der Waals surface area contributed by atoms with E-state index in [0.29, 0.717) is 0 Å². The number of fused-ring (bicyclic) bond motifs is 1. The smallest absolute Gasteiger partial charge is 0.254 e. The molecular formula is C18H22N2O2. The predicted octanol–water partition coefficient (Wildman–Crippen LogP) is 2.92. The highest BCUT2D eigenvalue weighted by atomic mass is 16.3.